The van der Waals surface area contributed by atoms with Crippen LogP contribution in [0.15, 0.2) is 29.4 Å². The highest BCUT2D eigenvalue weighted by molar-refractivity contribution is 7.99. The Morgan fingerprint density at radius 1 is 1.14 bits per heavy atom. The summed E-state index contributed by atoms with van der Waals surface area (Å²) < 4.78 is 2.01. The van der Waals surface area contributed by atoms with E-state index in [0.29, 0.717) is 16.8 Å². The zero-order chi connectivity index (χ0) is 20.2. The van der Waals surface area contributed by atoms with Crippen molar-refractivity contribution in [1.29, 1.82) is 0 Å². The molecule has 1 unspecified atom stereocenters. The lowest BCUT2D eigenvalue weighted by Crippen LogP contribution is -2.44. The first kappa shape index (κ1) is 20.5. The van der Waals surface area contributed by atoms with Gasteiger partial charge in [0.05, 0.1) is 16.5 Å². The summed E-state index contributed by atoms with van der Waals surface area (Å²) in [5.41, 5.74) is 0.862. The summed E-state index contributed by atoms with van der Waals surface area (Å²) >= 11 is 7.97. The summed E-state index contributed by atoms with van der Waals surface area (Å²) in [5.74, 6) is 1.38. The van der Waals surface area contributed by atoms with E-state index >= 15 is 0 Å². The van der Waals surface area contributed by atoms with Gasteiger partial charge in [0.15, 0.2) is 5.16 Å². The van der Waals surface area contributed by atoms with Crippen molar-refractivity contribution in [2.75, 3.05) is 30.3 Å². The topological polar surface area (TPSA) is 54.3 Å². The van der Waals surface area contributed by atoms with Gasteiger partial charge in [-0.2, -0.15) is 0 Å². The summed E-state index contributed by atoms with van der Waals surface area (Å²) in [4.78, 5) is 17.2. The summed E-state index contributed by atoms with van der Waals surface area (Å²) in [6.45, 7) is 4.98. The number of aromatic nitrogens is 3. The normalized spacial score (nSPS) is 19.7. The van der Waals surface area contributed by atoms with Gasteiger partial charge in [0.2, 0.25) is 11.9 Å². The Hall–Kier alpha value is -1.73. The quantitative estimate of drug-likeness (QED) is 0.632. The van der Waals surface area contributed by atoms with Crippen LogP contribution >= 0.6 is 23.4 Å². The zero-order valence-corrected chi connectivity index (χ0v) is 18.5. The molecule has 2 fully saturated rings. The predicted octanol–water partition coefficient (Wildman–Crippen LogP) is 4.40. The van der Waals surface area contributed by atoms with E-state index in [1.54, 1.807) is 0 Å². The van der Waals surface area contributed by atoms with E-state index < -0.39 is 0 Å². The summed E-state index contributed by atoms with van der Waals surface area (Å²) in [6, 6.07) is 8.12. The smallest absolute Gasteiger partial charge is 0.233 e. The Morgan fingerprint density at radius 3 is 2.66 bits per heavy atom. The number of hydrogen-bond acceptors (Lipinski definition) is 5. The molecule has 2 aromatic rings. The highest BCUT2D eigenvalue weighted by Gasteiger charge is 2.27. The molecule has 1 atom stereocenters. The van der Waals surface area contributed by atoms with Crippen molar-refractivity contribution in [3.63, 3.8) is 0 Å². The molecule has 0 spiro atoms. The fourth-order valence-corrected chi connectivity index (χ4v) is 5.33. The Morgan fingerprint density at radius 2 is 1.90 bits per heavy atom. The van der Waals surface area contributed by atoms with Crippen LogP contribution < -0.4 is 4.90 Å². The van der Waals surface area contributed by atoms with Crippen LogP contribution in [-0.4, -0.2) is 57.0 Å². The number of rotatable bonds is 6. The van der Waals surface area contributed by atoms with E-state index in [0.717, 1.165) is 68.5 Å². The number of carbonyl (C=O) groups is 1. The fourth-order valence-electron chi connectivity index (χ4n) is 4.28. The lowest BCUT2D eigenvalue weighted by Gasteiger charge is -2.35. The average molecular weight is 434 g/mol. The maximum atomic E-state index is 12.9. The second-order valence-electron chi connectivity index (χ2n) is 7.70. The van der Waals surface area contributed by atoms with E-state index in [1.807, 2.05) is 28.8 Å². The van der Waals surface area contributed by atoms with Crippen molar-refractivity contribution in [2.24, 2.45) is 0 Å². The largest absolute Gasteiger partial charge is 0.341 e. The van der Waals surface area contributed by atoms with Crippen LogP contribution in [0.1, 0.15) is 45.4 Å². The van der Waals surface area contributed by atoms with E-state index in [-0.39, 0.29) is 5.91 Å². The standard InChI is InChI=1S/C21H28ClN5OS/c1-2-16-9-5-6-14-26(16)19(28)15-29-21-24-23-20(25-12-7-8-13-25)27(21)18-11-4-3-10-17(18)22/h3-4,10-11,16H,2,5-9,12-15H2,1H3. The molecule has 156 valence electrons. The minimum absolute atomic E-state index is 0.193. The maximum Gasteiger partial charge on any atom is 0.233 e. The second kappa shape index (κ2) is 9.39. The van der Waals surface area contributed by atoms with Crippen LogP contribution in [0.4, 0.5) is 5.95 Å². The fraction of sp³-hybridized carbons (Fsp3) is 0.571. The van der Waals surface area contributed by atoms with Crippen LogP contribution in [0.25, 0.3) is 5.69 Å². The number of nitrogens with zero attached hydrogens (tertiary/aromatic N) is 5. The van der Waals surface area contributed by atoms with E-state index in [4.69, 9.17) is 11.6 Å². The van der Waals surface area contributed by atoms with Gasteiger partial charge in [0.25, 0.3) is 0 Å². The van der Waals surface area contributed by atoms with Gasteiger partial charge in [-0.3, -0.25) is 9.36 Å². The van der Waals surface area contributed by atoms with Gasteiger partial charge in [-0.1, -0.05) is 42.4 Å². The van der Waals surface area contributed by atoms with Gasteiger partial charge in [-0.15, -0.1) is 10.2 Å². The van der Waals surface area contributed by atoms with Gasteiger partial charge >= 0.3 is 0 Å². The number of thioether (sulfide) groups is 1. The molecule has 0 N–H and O–H groups in total. The molecule has 0 radical (unpaired) electrons. The molecule has 0 saturated carbocycles. The van der Waals surface area contributed by atoms with Crippen molar-refractivity contribution in [3.8, 4) is 5.69 Å². The van der Waals surface area contributed by atoms with Crippen molar-refractivity contribution in [1.82, 2.24) is 19.7 Å². The molecule has 6 nitrogen and oxygen atoms in total. The van der Waals surface area contributed by atoms with Gasteiger partial charge in [0.1, 0.15) is 0 Å². The highest BCUT2D eigenvalue weighted by Crippen LogP contribution is 2.32. The third-order valence-electron chi connectivity index (χ3n) is 5.84. The third-order valence-corrected chi connectivity index (χ3v) is 7.08. The molecule has 4 rings (SSSR count). The highest BCUT2D eigenvalue weighted by atomic mass is 35.5. The first-order chi connectivity index (χ1) is 14.2. The van der Waals surface area contributed by atoms with Crippen LogP contribution in [0.2, 0.25) is 5.02 Å². The maximum absolute atomic E-state index is 12.9. The van der Waals surface area contributed by atoms with Gasteiger partial charge in [-0.25, -0.2) is 0 Å². The van der Waals surface area contributed by atoms with E-state index in [9.17, 15) is 4.79 Å². The number of carbonyl (C=O) groups excluding carboxylic acids is 1. The number of hydrogen-bond donors (Lipinski definition) is 0. The second-order valence-corrected chi connectivity index (χ2v) is 9.05. The number of likely N-dealkylation sites (tertiary alicyclic amines) is 1. The SMILES string of the molecule is CCC1CCCCN1C(=O)CSc1nnc(N2CCCC2)n1-c1ccccc1Cl. The van der Waals surface area contributed by atoms with Crippen LogP contribution in [0, 0.1) is 0 Å². The van der Waals surface area contributed by atoms with Crippen molar-refractivity contribution in [2.45, 2.75) is 56.6 Å². The van der Waals surface area contributed by atoms with Crippen molar-refractivity contribution < 1.29 is 4.79 Å². The number of para-hydroxylation sites is 1. The Balaban J connectivity index is 1.57. The molecule has 1 amide bonds. The third kappa shape index (κ3) is 4.40. The van der Waals surface area contributed by atoms with Crippen LogP contribution in [0.5, 0.6) is 0 Å². The van der Waals surface area contributed by atoms with Crippen LogP contribution in [0.3, 0.4) is 0 Å². The van der Waals surface area contributed by atoms with Crippen LogP contribution in [-0.2, 0) is 4.79 Å². The number of anilines is 1. The van der Waals surface area contributed by atoms with Gasteiger partial charge in [-0.05, 0) is 50.7 Å². The van der Waals surface area contributed by atoms with E-state index in [2.05, 4.69) is 26.9 Å². The Bertz CT molecular complexity index is 851. The number of halogens is 1. The molecule has 3 heterocycles. The van der Waals surface area contributed by atoms with E-state index in [1.165, 1.54) is 18.2 Å². The lowest BCUT2D eigenvalue weighted by molar-refractivity contribution is -0.132. The molecule has 0 bridgehead atoms. The van der Waals surface area contributed by atoms with Gasteiger partial charge in [0, 0.05) is 25.7 Å². The minimum Gasteiger partial charge on any atom is -0.341 e. The number of piperidine rings is 1. The molecule has 0 aliphatic carbocycles. The molecular weight excluding hydrogens is 406 g/mol. The molecule has 2 aliphatic rings. The Kier molecular flexibility index (Phi) is 6.65. The average Bonchev–Trinajstić information content (AvgIpc) is 3.42. The molecule has 2 aliphatic heterocycles. The Labute approximate surface area is 181 Å². The lowest BCUT2D eigenvalue weighted by atomic mass is 10.0. The number of amides is 1. The first-order valence-electron chi connectivity index (χ1n) is 10.6. The summed E-state index contributed by atoms with van der Waals surface area (Å²) in [6.07, 6.45) is 6.76. The number of benzene rings is 1. The molecule has 2 saturated heterocycles. The zero-order valence-electron chi connectivity index (χ0n) is 16.9. The molecular formula is C21H28ClN5OS. The molecule has 8 heteroatoms. The predicted molar refractivity (Wildman–Crippen MR) is 118 cm³/mol. The molecule has 1 aromatic heterocycles. The van der Waals surface area contributed by atoms with Gasteiger partial charge < -0.3 is 9.80 Å². The summed E-state index contributed by atoms with van der Waals surface area (Å²) in [7, 11) is 0. The monoisotopic (exact) mass is 433 g/mol. The van der Waals surface area contributed by atoms with Crippen molar-refractivity contribution in [3.05, 3.63) is 29.3 Å². The minimum atomic E-state index is 0.193. The summed E-state index contributed by atoms with van der Waals surface area (Å²) in [5, 5.41) is 10.3. The molecule has 29 heavy (non-hydrogen) atoms. The molecule has 1 aromatic carbocycles. The van der Waals surface area contributed by atoms with Crippen molar-refractivity contribution >= 4 is 35.2 Å². The first-order valence-corrected chi connectivity index (χ1v) is 11.9.